The molecule has 2 atom stereocenters. The summed E-state index contributed by atoms with van der Waals surface area (Å²) < 4.78 is 6.67. The van der Waals surface area contributed by atoms with Crippen molar-refractivity contribution in [3.8, 4) is 5.75 Å². The van der Waals surface area contributed by atoms with Crippen LogP contribution in [-0.4, -0.2) is 18.4 Å². The quantitative estimate of drug-likeness (QED) is 0.870. The maximum atomic E-state index is 12.3. The van der Waals surface area contributed by atoms with E-state index in [0.717, 1.165) is 28.6 Å². The first-order valence-electron chi connectivity index (χ1n) is 6.54. The third-order valence-electron chi connectivity index (χ3n) is 3.72. The van der Waals surface area contributed by atoms with Crippen LogP contribution in [0.3, 0.4) is 0 Å². The first kappa shape index (κ1) is 12.9. The molecule has 0 radical (unpaired) electrons. The van der Waals surface area contributed by atoms with Gasteiger partial charge in [-0.1, -0.05) is 28.1 Å². The van der Waals surface area contributed by atoms with Crippen LogP contribution < -0.4 is 10.5 Å². The lowest BCUT2D eigenvalue weighted by molar-refractivity contribution is -0.120. The van der Waals surface area contributed by atoms with Gasteiger partial charge in [-0.05, 0) is 24.1 Å². The lowest BCUT2D eigenvalue weighted by Gasteiger charge is -2.11. The van der Waals surface area contributed by atoms with Crippen LogP contribution in [0, 0.1) is 5.92 Å². The Morgan fingerprint density at radius 1 is 1.42 bits per heavy atom. The van der Waals surface area contributed by atoms with Gasteiger partial charge >= 0.3 is 0 Å². The minimum Gasteiger partial charge on any atom is -0.493 e. The molecule has 0 saturated heterocycles. The number of ketones is 1. The van der Waals surface area contributed by atoms with Gasteiger partial charge in [0, 0.05) is 34.8 Å². The fourth-order valence-electron chi connectivity index (χ4n) is 2.76. The molecule has 3 rings (SSSR count). The Kier molecular flexibility index (Phi) is 3.46. The number of fused-ring (bicyclic) bond motifs is 1. The van der Waals surface area contributed by atoms with Crippen molar-refractivity contribution in [3.05, 3.63) is 39.9 Å². The molecule has 1 aliphatic carbocycles. The Hall–Kier alpha value is -1.13. The molecule has 1 aromatic rings. The predicted octanol–water partition coefficient (Wildman–Crippen LogP) is 2.40. The molecule has 2 aliphatic rings. The first-order valence-corrected chi connectivity index (χ1v) is 7.33. The third kappa shape index (κ3) is 2.60. The minimum absolute atomic E-state index is 0.0263. The van der Waals surface area contributed by atoms with Gasteiger partial charge in [-0.15, -0.1) is 0 Å². The molecule has 1 heterocycles. The van der Waals surface area contributed by atoms with E-state index in [1.807, 2.05) is 18.2 Å². The molecule has 2 N–H and O–H groups in total. The second-order valence-electron chi connectivity index (χ2n) is 5.19. The zero-order valence-corrected chi connectivity index (χ0v) is 12.2. The summed E-state index contributed by atoms with van der Waals surface area (Å²) in [6.07, 6.45) is 5.93. The maximum Gasteiger partial charge on any atom is 0.144 e. The van der Waals surface area contributed by atoms with E-state index in [2.05, 4.69) is 22.0 Å². The second kappa shape index (κ2) is 5.10. The molecule has 0 aromatic heterocycles. The minimum atomic E-state index is -0.0361. The molecule has 0 fully saturated rings. The molecule has 3 nitrogen and oxygen atoms in total. The summed E-state index contributed by atoms with van der Waals surface area (Å²) in [5, 5.41) is 0. The number of allylic oxidation sites excluding steroid dienone is 1. The van der Waals surface area contributed by atoms with E-state index >= 15 is 0 Å². The van der Waals surface area contributed by atoms with E-state index in [1.54, 1.807) is 0 Å². The van der Waals surface area contributed by atoms with Crippen LogP contribution in [0.5, 0.6) is 5.75 Å². The molecular formula is C15H16BrNO2. The van der Waals surface area contributed by atoms with Gasteiger partial charge in [0.2, 0.25) is 0 Å². The van der Waals surface area contributed by atoms with E-state index in [-0.39, 0.29) is 17.7 Å². The highest BCUT2D eigenvalue weighted by Crippen LogP contribution is 2.34. The summed E-state index contributed by atoms with van der Waals surface area (Å²) in [5.41, 5.74) is 7.98. The van der Waals surface area contributed by atoms with Gasteiger partial charge in [0.1, 0.15) is 11.5 Å². The first-order chi connectivity index (χ1) is 9.13. The number of hydrogen-bond donors (Lipinski definition) is 1. The Labute approximate surface area is 120 Å². The summed E-state index contributed by atoms with van der Waals surface area (Å²) in [6.45, 7) is 0.710. The SMILES string of the molecule is NC1C=CC(C(=O)Cc2cc(Br)cc3c2OCC3)C1. The summed E-state index contributed by atoms with van der Waals surface area (Å²) in [4.78, 5) is 12.3. The topological polar surface area (TPSA) is 52.3 Å². The van der Waals surface area contributed by atoms with Crippen molar-refractivity contribution in [1.29, 1.82) is 0 Å². The van der Waals surface area contributed by atoms with E-state index in [9.17, 15) is 4.79 Å². The van der Waals surface area contributed by atoms with Crippen LogP contribution in [0.4, 0.5) is 0 Å². The number of hydrogen-bond acceptors (Lipinski definition) is 3. The van der Waals surface area contributed by atoms with Gasteiger partial charge < -0.3 is 10.5 Å². The standard InChI is InChI=1S/C15H16BrNO2/c16-12-5-10-3-4-19-15(10)11(6-12)8-14(18)9-1-2-13(17)7-9/h1-2,5-6,9,13H,3-4,7-8,17H2. The van der Waals surface area contributed by atoms with Crippen molar-refractivity contribution in [3.63, 3.8) is 0 Å². The lowest BCUT2D eigenvalue weighted by Crippen LogP contribution is -2.20. The van der Waals surface area contributed by atoms with Crippen molar-refractivity contribution >= 4 is 21.7 Å². The maximum absolute atomic E-state index is 12.3. The zero-order valence-electron chi connectivity index (χ0n) is 10.6. The van der Waals surface area contributed by atoms with Gasteiger partial charge in [0.25, 0.3) is 0 Å². The van der Waals surface area contributed by atoms with Crippen LogP contribution in [0.25, 0.3) is 0 Å². The second-order valence-corrected chi connectivity index (χ2v) is 6.10. The molecular weight excluding hydrogens is 306 g/mol. The van der Waals surface area contributed by atoms with Gasteiger partial charge in [-0.2, -0.15) is 0 Å². The molecule has 100 valence electrons. The molecule has 1 aromatic carbocycles. The number of carbonyl (C=O) groups excluding carboxylic acids is 1. The van der Waals surface area contributed by atoms with Crippen molar-refractivity contribution in [1.82, 2.24) is 0 Å². The van der Waals surface area contributed by atoms with Crippen molar-refractivity contribution in [2.24, 2.45) is 11.7 Å². The fourth-order valence-corrected chi connectivity index (χ4v) is 3.31. The highest BCUT2D eigenvalue weighted by molar-refractivity contribution is 9.10. The Morgan fingerprint density at radius 3 is 3.00 bits per heavy atom. The van der Waals surface area contributed by atoms with Crippen LogP contribution in [0.15, 0.2) is 28.8 Å². The number of benzene rings is 1. The smallest absolute Gasteiger partial charge is 0.144 e. The van der Waals surface area contributed by atoms with Crippen molar-refractivity contribution in [2.45, 2.75) is 25.3 Å². The Morgan fingerprint density at radius 2 is 2.26 bits per heavy atom. The summed E-state index contributed by atoms with van der Waals surface area (Å²) >= 11 is 3.50. The summed E-state index contributed by atoms with van der Waals surface area (Å²) in [7, 11) is 0. The van der Waals surface area contributed by atoms with Gasteiger partial charge in [0.15, 0.2) is 0 Å². The zero-order chi connectivity index (χ0) is 13.4. The molecule has 0 bridgehead atoms. The molecule has 2 unspecified atom stereocenters. The molecule has 0 spiro atoms. The van der Waals surface area contributed by atoms with Crippen LogP contribution in [0.2, 0.25) is 0 Å². The van der Waals surface area contributed by atoms with Crippen LogP contribution in [0.1, 0.15) is 17.5 Å². The molecule has 4 heteroatoms. The molecule has 0 saturated carbocycles. The predicted molar refractivity (Wildman–Crippen MR) is 77.3 cm³/mol. The van der Waals surface area contributed by atoms with E-state index in [0.29, 0.717) is 13.0 Å². The number of carbonyl (C=O) groups is 1. The van der Waals surface area contributed by atoms with Crippen molar-refractivity contribution in [2.75, 3.05) is 6.61 Å². The number of Topliss-reactive ketones (excluding diaryl/α,β-unsaturated/α-hetero) is 1. The van der Waals surface area contributed by atoms with E-state index < -0.39 is 0 Å². The average Bonchev–Trinajstić information content (AvgIpc) is 2.97. The van der Waals surface area contributed by atoms with Gasteiger partial charge in [-0.3, -0.25) is 4.79 Å². The Bertz CT molecular complexity index is 553. The largest absolute Gasteiger partial charge is 0.493 e. The van der Waals surface area contributed by atoms with E-state index in [1.165, 1.54) is 5.56 Å². The fraction of sp³-hybridized carbons (Fsp3) is 0.400. The number of rotatable bonds is 3. The monoisotopic (exact) mass is 321 g/mol. The summed E-state index contributed by atoms with van der Waals surface area (Å²) in [6, 6.07) is 4.08. The van der Waals surface area contributed by atoms with Crippen molar-refractivity contribution < 1.29 is 9.53 Å². The van der Waals surface area contributed by atoms with Gasteiger partial charge in [0.05, 0.1) is 6.61 Å². The van der Waals surface area contributed by atoms with E-state index in [4.69, 9.17) is 10.5 Å². The van der Waals surface area contributed by atoms with Crippen LogP contribution >= 0.6 is 15.9 Å². The number of nitrogens with two attached hydrogens (primary N) is 1. The highest BCUT2D eigenvalue weighted by Gasteiger charge is 2.25. The number of ether oxygens (including phenoxy) is 1. The molecule has 19 heavy (non-hydrogen) atoms. The third-order valence-corrected chi connectivity index (χ3v) is 4.18. The lowest BCUT2D eigenvalue weighted by atomic mass is 9.95. The highest BCUT2D eigenvalue weighted by atomic mass is 79.9. The normalized spacial score (nSPS) is 24.3. The summed E-state index contributed by atoms with van der Waals surface area (Å²) in [5.74, 6) is 1.09. The van der Waals surface area contributed by atoms with Crippen LogP contribution in [-0.2, 0) is 17.6 Å². The molecule has 1 aliphatic heterocycles. The molecule has 0 amide bonds. The Balaban J connectivity index is 1.80. The average molecular weight is 322 g/mol. The van der Waals surface area contributed by atoms with Gasteiger partial charge in [-0.25, -0.2) is 0 Å². The number of halogens is 1.